The molecule has 0 aliphatic carbocycles. The topological polar surface area (TPSA) is 237 Å². The summed E-state index contributed by atoms with van der Waals surface area (Å²) in [5.41, 5.74) is 0. The van der Waals surface area contributed by atoms with Gasteiger partial charge in [-0.3, -0.25) is 37.3 Å². The number of phosphoric acid groups is 2. The minimum absolute atomic E-state index is 0.0991. The van der Waals surface area contributed by atoms with Crippen molar-refractivity contribution >= 4 is 39.5 Å². The first-order valence-electron chi connectivity index (χ1n) is 32.8. The Morgan fingerprint density at radius 3 is 0.728 bits per heavy atom. The van der Waals surface area contributed by atoms with Crippen LogP contribution in [0.15, 0.2) is 0 Å². The van der Waals surface area contributed by atoms with Gasteiger partial charge in [0.15, 0.2) is 12.2 Å². The van der Waals surface area contributed by atoms with E-state index in [1.807, 2.05) is 0 Å². The minimum atomic E-state index is -4.94. The standard InChI is InChI=1S/C62H120O17P2/c1-5-9-13-17-19-21-22-23-24-25-26-27-28-29-30-31-32-33-35-37-41-45-49-62(67)79-58(53-73-60(65)47-43-40-36-34-20-18-14-10-6-2)55-77-81(70,71)75-51-56(63)50-74-80(68,69)76-54-57(78-61(66)48-44-39-16-12-8-4)52-72-59(64)46-42-38-15-11-7-3/h56-58,63H,5-55H2,1-4H3,(H,68,69)(H,70,71)/t56-,57+,58+/m0/s1. The number of rotatable bonds is 63. The summed E-state index contributed by atoms with van der Waals surface area (Å²) >= 11 is 0. The van der Waals surface area contributed by atoms with Crippen LogP contribution in [0.25, 0.3) is 0 Å². The Morgan fingerprint density at radius 2 is 0.494 bits per heavy atom. The van der Waals surface area contributed by atoms with E-state index >= 15 is 0 Å². The van der Waals surface area contributed by atoms with Gasteiger partial charge in [-0.2, -0.15) is 0 Å². The Bertz CT molecular complexity index is 1570. The van der Waals surface area contributed by atoms with Gasteiger partial charge in [-0.1, -0.05) is 265 Å². The second kappa shape index (κ2) is 57.2. The third kappa shape index (κ3) is 56.9. The molecule has 0 aromatic carbocycles. The molecule has 0 heterocycles. The molecule has 0 radical (unpaired) electrons. The molecular formula is C62H120O17P2. The Balaban J connectivity index is 4.96. The number of ether oxygens (including phenoxy) is 4. The molecule has 0 aromatic rings. The van der Waals surface area contributed by atoms with E-state index in [-0.39, 0.29) is 25.7 Å². The van der Waals surface area contributed by atoms with Crippen LogP contribution in [0.3, 0.4) is 0 Å². The number of esters is 4. The molecule has 5 atom stereocenters. The minimum Gasteiger partial charge on any atom is -0.462 e. The largest absolute Gasteiger partial charge is 0.472 e. The van der Waals surface area contributed by atoms with Gasteiger partial charge in [0.2, 0.25) is 0 Å². The van der Waals surface area contributed by atoms with Crippen LogP contribution in [0.4, 0.5) is 0 Å². The average Bonchev–Trinajstić information content (AvgIpc) is 3.44. The first kappa shape index (κ1) is 79.1. The number of aliphatic hydroxyl groups is 1. The average molecular weight is 1200 g/mol. The lowest BCUT2D eigenvalue weighted by Crippen LogP contribution is -2.30. The lowest BCUT2D eigenvalue weighted by Gasteiger charge is -2.21. The van der Waals surface area contributed by atoms with Crippen molar-refractivity contribution in [1.29, 1.82) is 0 Å². The van der Waals surface area contributed by atoms with Crippen molar-refractivity contribution in [3.63, 3.8) is 0 Å². The molecule has 0 spiro atoms. The number of carbonyl (C=O) groups is 4. The highest BCUT2D eigenvalue weighted by Gasteiger charge is 2.30. The molecule has 0 rings (SSSR count). The van der Waals surface area contributed by atoms with Crippen LogP contribution in [0.5, 0.6) is 0 Å². The molecule has 0 saturated heterocycles. The molecule has 0 fully saturated rings. The van der Waals surface area contributed by atoms with Crippen LogP contribution in [0.1, 0.15) is 317 Å². The highest BCUT2D eigenvalue weighted by Crippen LogP contribution is 2.45. The molecule has 0 bridgehead atoms. The molecule has 0 aromatic heterocycles. The smallest absolute Gasteiger partial charge is 0.462 e. The number of aliphatic hydroxyl groups excluding tert-OH is 1. The second-order valence-electron chi connectivity index (χ2n) is 22.4. The van der Waals surface area contributed by atoms with Crippen molar-refractivity contribution in [3.8, 4) is 0 Å². The predicted molar refractivity (Wildman–Crippen MR) is 322 cm³/mol. The maximum absolute atomic E-state index is 13.0. The van der Waals surface area contributed by atoms with Crippen LogP contribution < -0.4 is 0 Å². The third-order valence-electron chi connectivity index (χ3n) is 14.4. The van der Waals surface area contributed by atoms with Gasteiger partial charge in [-0.15, -0.1) is 0 Å². The van der Waals surface area contributed by atoms with E-state index in [0.29, 0.717) is 25.7 Å². The summed E-state index contributed by atoms with van der Waals surface area (Å²) in [6.07, 6.45) is 42.8. The van der Waals surface area contributed by atoms with Gasteiger partial charge >= 0.3 is 39.5 Å². The molecule has 17 nitrogen and oxygen atoms in total. The van der Waals surface area contributed by atoms with Crippen molar-refractivity contribution in [2.75, 3.05) is 39.6 Å². The Morgan fingerprint density at radius 1 is 0.296 bits per heavy atom. The SMILES string of the molecule is CCCCCCCCCCCCCCCCCCCCCCCCC(=O)O[C@H](COC(=O)CCCCCCCCCCC)COP(=O)(O)OC[C@@H](O)COP(=O)(O)OC[C@@H](COC(=O)CCCCCCC)OC(=O)CCCCCCC. The molecule has 81 heavy (non-hydrogen) atoms. The second-order valence-corrected chi connectivity index (χ2v) is 25.4. The quantitative estimate of drug-likeness (QED) is 0.0222. The van der Waals surface area contributed by atoms with Gasteiger partial charge in [0.25, 0.3) is 0 Å². The fourth-order valence-corrected chi connectivity index (χ4v) is 10.9. The molecule has 0 amide bonds. The van der Waals surface area contributed by atoms with Gasteiger partial charge in [0.05, 0.1) is 26.4 Å². The molecule has 0 aliphatic heterocycles. The monoisotopic (exact) mass is 1200 g/mol. The summed E-state index contributed by atoms with van der Waals surface area (Å²) < 4.78 is 67.4. The summed E-state index contributed by atoms with van der Waals surface area (Å²) in [6.45, 7) is 4.67. The molecule has 2 unspecified atom stereocenters. The molecule has 480 valence electrons. The van der Waals surface area contributed by atoms with Gasteiger partial charge < -0.3 is 33.8 Å². The summed E-state index contributed by atoms with van der Waals surface area (Å²) in [7, 11) is -9.86. The van der Waals surface area contributed by atoms with Crippen LogP contribution in [0, 0.1) is 0 Å². The van der Waals surface area contributed by atoms with Crippen molar-refractivity contribution in [3.05, 3.63) is 0 Å². The van der Waals surface area contributed by atoms with Crippen LogP contribution in [-0.4, -0.2) is 96.7 Å². The molecule has 19 heteroatoms. The van der Waals surface area contributed by atoms with Gasteiger partial charge in [-0.25, -0.2) is 9.13 Å². The maximum Gasteiger partial charge on any atom is 0.472 e. The zero-order valence-electron chi connectivity index (χ0n) is 51.7. The molecule has 0 saturated carbocycles. The summed E-state index contributed by atoms with van der Waals surface area (Å²) in [4.78, 5) is 71.5. The van der Waals surface area contributed by atoms with Crippen molar-refractivity contribution < 1.29 is 80.2 Å². The lowest BCUT2D eigenvalue weighted by molar-refractivity contribution is -0.161. The lowest BCUT2D eigenvalue weighted by atomic mass is 10.0. The number of hydrogen-bond acceptors (Lipinski definition) is 15. The summed E-state index contributed by atoms with van der Waals surface area (Å²) in [6, 6.07) is 0. The van der Waals surface area contributed by atoms with Crippen LogP contribution in [-0.2, 0) is 65.4 Å². The van der Waals surface area contributed by atoms with E-state index < -0.39 is 97.5 Å². The number of unbranched alkanes of at least 4 members (excludes halogenated alkanes) is 37. The van der Waals surface area contributed by atoms with E-state index in [9.17, 15) is 43.2 Å². The molecule has 0 aliphatic rings. The zero-order chi connectivity index (χ0) is 59.8. The van der Waals surface area contributed by atoms with E-state index in [4.69, 9.17) is 37.0 Å². The first-order valence-corrected chi connectivity index (χ1v) is 35.8. The maximum atomic E-state index is 13.0. The number of hydrogen-bond donors (Lipinski definition) is 3. The van der Waals surface area contributed by atoms with Crippen molar-refractivity contribution in [1.82, 2.24) is 0 Å². The Kier molecular flexibility index (Phi) is 55.8. The van der Waals surface area contributed by atoms with Crippen molar-refractivity contribution in [2.45, 2.75) is 335 Å². The van der Waals surface area contributed by atoms with Crippen LogP contribution in [0.2, 0.25) is 0 Å². The number of carbonyl (C=O) groups excluding carboxylic acids is 4. The van der Waals surface area contributed by atoms with E-state index in [1.54, 1.807) is 0 Å². The number of phosphoric ester groups is 2. The van der Waals surface area contributed by atoms with Gasteiger partial charge in [0.1, 0.15) is 19.3 Å². The first-order chi connectivity index (χ1) is 39.2. The molecule has 3 N–H and O–H groups in total. The van der Waals surface area contributed by atoms with E-state index in [2.05, 4.69) is 27.7 Å². The normalized spacial score (nSPS) is 14.2. The van der Waals surface area contributed by atoms with E-state index in [1.165, 1.54) is 141 Å². The molecular weight excluding hydrogens is 1080 g/mol. The summed E-state index contributed by atoms with van der Waals surface area (Å²) in [5, 5.41) is 10.5. The predicted octanol–water partition coefficient (Wildman–Crippen LogP) is 17.2. The van der Waals surface area contributed by atoms with E-state index in [0.717, 1.165) is 96.3 Å². The zero-order valence-corrected chi connectivity index (χ0v) is 53.5. The third-order valence-corrected chi connectivity index (χ3v) is 16.3. The fraction of sp³-hybridized carbons (Fsp3) is 0.935. The fourth-order valence-electron chi connectivity index (χ4n) is 9.28. The van der Waals surface area contributed by atoms with Crippen LogP contribution >= 0.6 is 15.6 Å². The van der Waals surface area contributed by atoms with Crippen molar-refractivity contribution in [2.24, 2.45) is 0 Å². The highest BCUT2D eigenvalue weighted by molar-refractivity contribution is 7.47. The Labute approximate surface area is 492 Å². The summed E-state index contributed by atoms with van der Waals surface area (Å²) in [5.74, 6) is -2.16. The highest BCUT2D eigenvalue weighted by atomic mass is 31.2. The van der Waals surface area contributed by atoms with Gasteiger partial charge in [0, 0.05) is 25.7 Å². The van der Waals surface area contributed by atoms with Gasteiger partial charge in [-0.05, 0) is 25.7 Å². The Hall–Kier alpha value is -1.94.